The average molecular weight is 1800 g/mol. The first kappa shape index (κ1) is 83.6. The maximum Gasteiger partial charge on any atom is 0.322 e. The monoisotopic (exact) mass is 1800 g/mol. The third-order valence-electron chi connectivity index (χ3n) is 24.8. The molecule has 0 bridgehead atoms. The van der Waals surface area contributed by atoms with E-state index in [1.807, 2.05) is 37.3 Å². The van der Waals surface area contributed by atoms with Crippen molar-refractivity contribution in [1.82, 2.24) is 87.2 Å². The number of hydrogen-bond donors (Lipinski definition) is 8. The van der Waals surface area contributed by atoms with Crippen LogP contribution < -0.4 is 61.5 Å². The van der Waals surface area contributed by atoms with Crippen LogP contribution in [0.1, 0.15) is 128 Å². The lowest BCUT2D eigenvalue weighted by Crippen LogP contribution is -2.52. The van der Waals surface area contributed by atoms with Crippen LogP contribution in [0.25, 0.3) is 60.7 Å². The van der Waals surface area contributed by atoms with Crippen LogP contribution in [0.3, 0.4) is 0 Å². The Kier molecular flexibility index (Phi) is 20.3. The second-order valence-corrected chi connectivity index (χ2v) is 33.4. The molecule has 0 spiro atoms. The third kappa shape index (κ3) is 14.5. The zero-order chi connectivity index (χ0) is 91.7. The number of hydrogen-bond acceptors (Lipinski definition) is 27. The molecule has 132 heavy (non-hydrogen) atoms. The summed E-state index contributed by atoms with van der Waals surface area (Å²) in [6, 6.07) is 32.0. The topological polar surface area (TPSA) is 493 Å². The van der Waals surface area contributed by atoms with Crippen molar-refractivity contribution in [2.24, 2.45) is 4.99 Å². The van der Waals surface area contributed by atoms with Gasteiger partial charge in [-0.05, 0) is 122 Å². The SMILES string of the molecule is COc1ccc2c(c1)C(=O)N(C[C@@]1(c3cc4cnc(-c5c(C)noc5C)cc4o3)NC(=O)NC1=O)C2.COc1ccc2c(c1)C(=O)N(C[C@@]1(c3cc4cnc(C5=CCN=C5)cc4o3)NC(=O)NC1=O)C2.COc1ccc2c(c1)C(=O)N(C[C@@]1(c3cc4cnc(C5CC5)cc4o3)NC(=O)NC1=O)C2.COc1ccc2c(c1)C(=O)N(C[C@@]1(c3cc4cnc(Cl)cc4o3)NC(=O)NC1=O)C2. The van der Waals surface area contributed by atoms with E-state index >= 15 is 0 Å². The van der Waals surface area contributed by atoms with Crippen LogP contribution in [-0.4, -0.2) is 183 Å². The van der Waals surface area contributed by atoms with Crippen molar-refractivity contribution in [3.8, 4) is 34.3 Å². The minimum absolute atomic E-state index is 0.0663. The van der Waals surface area contributed by atoms with E-state index in [4.69, 9.17) is 52.7 Å². The Morgan fingerprint density at radius 3 is 1.06 bits per heavy atom. The number of aromatic nitrogens is 5. The zero-order valence-corrected chi connectivity index (χ0v) is 71.5. The Morgan fingerprint density at radius 2 is 0.742 bits per heavy atom. The number of urea groups is 4. The van der Waals surface area contributed by atoms with E-state index in [-0.39, 0.29) is 91.1 Å². The van der Waals surface area contributed by atoms with Crippen molar-refractivity contribution in [2.75, 3.05) is 61.2 Å². The number of pyridine rings is 4. The van der Waals surface area contributed by atoms with Gasteiger partial charge in [-0.2, -0.15) is 0 Å². The summed E-state index contributed by atoms with van der Waals surface area (Å²) < 4.78 is 50.3. The van der Waals surface area contributed by atoms with Gasteiger partial charge in [0.2, 0.25) is 0 Å². The minimum Gasteiger partial charge on any atom is -0.497 e. The molecule has 10 aliphatic rings. The molecule has 39 nitrogen and oxygen atoms in total. The fraction of sp³-hybridized carbons (Fsp3) is 0.239. The average Bonchev–Trinajstić information content (AvgIpc) is 1.61. The summed E-state index contributed by atoms with van der Waals surface area (Å²) in [7, 11) is 6.12. The van der Waals surface area contributed by atoms with E-state index in [9.17, 15) is 57.5 Å². The van der Waals surface area contributed by atoms with Gasteiger partial charge >= 0.3 is 24.1 Å². The number of amides is 16. The molecular weight excluding hydrogens is 1730 g/mol. The number of nitrogens with one attached hydrogen (secondary N) is 8. The molecule has 666 valence electrons. The van der Waals surface area contributed by atoms with Crippen LogP contribution in [0.5, 0.6) is 23.0 Å². The summed E-state index contributed by atoms with van der Waals surface area (Å²) >= 11 is 5.92. The molecule has 4 saturated heterocycles. The van der Waals surface area contributed by atoms with Crippen molar-refractivity contribution >= 4 is 139 Å². The summed E-state index contributed by atoms with van der Waals surface area (Å²) in [5.41, 5.74) is 5.56. The first-order valence-corrected chi connectivity index (χ1v) is 41.8. The number of carbonyl (C=O) groups is 12. The van der Waals surface area contributed by atoms with Crippen LogP contribution in [0, 0.1) is 13.8 Å². The molecule has 1 aliphatic carbocycles. The highest BCUT2D eigenvalue weighted by atomic mass is 35.5. The molecule has 40 heteroatoms. The standard InChI is InChI=1S/C25H21N5O6.C24H19N5O5.C23H20N4O5.C20H15ClN4O5/c1-12-21(13(2)36-29-12)18-8-19-15(9-26-18)6-20(35-19)25(23(32)27-24(33)28-25)11-30-10-14-4-5-16(34-3)7-17(14)22(30)31;1-33-16-3-2-14-11-29(21(30)17(14)7-16)12-24(22(31)27-23(32)28-24)20-6-15-10-26-18(8-19(15)34-20)13-4-5-25-9-13;1-31-15-5-4-13-10-27(20(28)16(13)7-15)11-23(21(29)25-22(30)26-23)19-6-14-9-24-17(12-2-3-12)8-18(14)32-19;1-29-12-3-2-10-8-25(17(26)13(10)5-12)9-20(18(27)23-19(28)24-20)15-4-11-7-22-16(21)6-14(11)30-15/h4-9H,10-11H2,1-3H3,(H2,27,28,32,33);2-4,6-10H,5,11-12H2,1H3,(H2,27,28,31,32);4-9,12H,2-3,10-11H2,1H3,(H2,25,26,29,30);2-7H,8-9H2,1H3,(H2,23,24,27,28)/t25-;24-;23-;20-/m0000/s1. The molecule has 18 heterocycles. The summed E-state index contributed by atoms with van der Waals surface area (Å²) in [5, 5.41) is 26.7. The highest BCUT2D eigenvalue weighted by Gasteiger charge is 2.58. The number of aliphatic imine (C=N–C) groups is 1. The first-order chi connectivity index (χ1) is 63.6. The first-order valence-electron chi connectivity index (χ1n) is 41.4. The number of benzene rings is 4. The Morgan fingerprint density at radius 1 is 0.409 bits per heavy atom. The lowest BCUT2D eigenvalue weighted by Gasteiger charge is -2.29. The highest BCUT2D eigenvalue weighted by molar-refractivity contribution is 6.30. The van der Waals surface area contributed by atoms with E-state index in [1.165, 1.54) is 60.3 Å². The predicted octanol–water partition coefficient (Wildman–Crippen LogP) is 9.38. The quantitative estimate of drug-likeness (QED) is 0.0276. The summed E-state index contributed by atoms with van der Waals surface area (Å²) in [4.78, 5) is 181. The van der Waals surface area contributed by atoms with E-state index in [0.717, 1.165) is 57.3 Å². The number of halogens is 1. The van der Waals surface area contributed by atoms with Crippen molar-refractivity contribution in [3.63, 3.8) is 0 Å². The lowest BCUT2D eigenvalue weighted by molar-refractivity contribution is -0.126. The Bertz CT molecular complexity index is 7270. The van der Waals surface area contributed by atoms with Gasteiger partial charge in [0, 0.05) is 142 Å². The van der Waals surface area contributed by atoms with E-state index in [2.05, 4.69) is 72.6 Å². The Balaban J connectivity index is 0.000000110. The number of fused-ring (bicyclic) bond motifs is 8. The van der Waals surface area contributed by atoms with Crippen LogP contribution in [0.4, 0.5) is 19.2 Å². The van der Waals surface area contributed by atoms with Gasteiger partial charge in [0.25, 0.3) is 47.3 Å². The molecule has 0 unspecified atom stereocenters. The van der Waals surface area contributed by atoms with Crippen molar-refractivity contribution in [3.05, 3.63) is 248 Å². The van der Waals surface area contributed by atoms with Gasteiger partial charge in [0.15, 0.2) is 22.2 Å². The maximum absolute atomic E-state index is 13.2. The molecule has 4 aromatic carbocycles. The number of nitrogens with zero attached hydrogens (tertiary/aromatic N) is 10. The number of allylic oxidation sites excluding steroid dienone is 1. The second kappa shape index (κ2) is 32.0. The number of ether oxygens (including phenoxy) is 4. The van der Waals surface area contributed by atoms with Crippen LogP contribution in [0.15, 0.2) is 179 Å². The lowest BCUT2D eigenvalue weighted by atomic mass is 9.95. The smallest absolute Gasteiger partial charge is 0.322 e. The summed E-state index contributed by atoms with van der Waals surface area (Å²) in [6.07, 6.45) is 12.4. The van der Waals surface area contributed by atoms with Crippen LogP contribution in [-0.2, 0) is 67.5 Å². The van der Waals surface area contributed by atoms with E-state index in [0.29, 0.717) is 132 Å². The van der Waals surface area contributed by atoms with Crippen LogP contribution in [0.2, 0.25) is 5.15 Å². The molecule has 9 aliphatic heterocycles. The van der Waals surface area contributed by atoms with Crippen LogP contribution >= 0.6 is 11.6 Å². The van der Waals surface area contributed by atoms with Gasteiger partial charge in [-0.1, -0.05) is 47.1 Å². The molecule has 13 aromatic rings. The number of furan rings is 4. The minimum atomic E-state index is -1.61. The van der Waals surface area contributed by atoms with Crippen molar-refractivity contribution < 1.29 is 98.7 Å². The maximum atomic E-state index is 13.2. The third-order valence-corrected chi connectivity index (χ3v) is 25.0. The predicted molar refractivity (Wildman–Crippen MR) is 464 cm³/mol. The molecular formula is C92H75ClN18O21. The largest absolute Gasteiger partial charge is 0.497 e. The molecule has 23 rings (SSSR count). The van der Waals surface area contributed by atoms with E-state index < -0.39 is 69.9 Å². The molecule has 16 amide bonds. The molecule has 1 saturated carbocycles. The molecule has 0 radical (unpaired) electrons. The molecule has 9 aromatic heterocycles. The van der Waals surface area contributed by atoms with Gasteiger partial charge in [-0.15, -0.1) is 0 Å². The van der Waals surface area contributed by atoms with Gasteiger partial charge in [0.05, 0.1) is 83.8 Å². The van der Waals surface area contributed by atoms with Gasteiger partial charge in [0.1, 0.15) is 79.3 Å². The number of imide groups is 4. The normalized spacial score (nSPS) is 20.7. The molecule has 8 N–H and O–H groups in total. The van der Waals surface area contributed by atoms with Gasteiger partial charge < -0.3 is 82.0 Å². The highest BCUT2D eigenvalue weighted by Crippen LogP contribution is 2.45. The molecule has 4 atom stereocenters. The fourth-order valence-electron chi connectivity index (χ4n) is 17.8. The Hall–Kier alpha value is -16.6. The fourth-order valence-corrected chi connectivity index (χ4v) is 17.9. The second-order valence-electron chi connectivity index (χ2n) is 33.0. The summed E-state index contributed by atoms with van der Waals surface area (Å²) in [6.45, 7) is 5.00. The Labute approximate surface area is 749 Å². The number of methoxy groups -OCH3 is 4. The number of aryl methyl sites for hydroxylation is 2. The van der Waals surface area contributed by atoms with Crippen molar-refractivity contribution in [1.29, 1.82) is 0 Å². The van der Waals surface area contributed by atoms with E-state index in [1.54, 1.807) is 123 Å². The van der Waals surface area contributed by atoms with Gasteiger partial charge in [-0.3, -0.25) is 79.6 Å². The zero-order valence-electron chi connectivity index (χ0n) is 70.8. The number of carbonyl (C=O) groups excluding carboxylic acids is 12. The number of rotatable bonds is 19. The van der Waals surface area contributed by atoms with Gasteiger partial charge in [-0.25, -0.2) is 24.2 Å². The summed E-state index contributed by atoms with van der Waals surface area (Å²) in [5.74, 6) is 0.839. The molecule has 5 fully saturated rings. The van der Waals surface area contributed by atoms with Crippen molar-refractivity contribution in [2.45, 2.75) is 80.9 Å².